The van der Waals surface area contributed by atoms with Crippen LogP contribution in [0.1, 0.15) is 146 Å². The fraction of sp³-hybridized carbons (Fsp3) is 0.875. The van der Waals surface area contributed by atoms with Crippen molar-refractivity contribution in [3.05, 3.63) is 12.2 Å². The molecule has 1 amide bonds. The van der Waals surface area contributed by atoms with Gasteiger partial charge in [0.25, 0.3) is 0 Å². The second-order valence-electron chi connectivity index (χ2n) is 19.2. The molecule has 0 aromatic rings. The van der Waals surface area contributed by atoms with Gasteiger partial charge in [-0.05, 0) is 150 Å². The Labute approximate surface area is 279 Å². The van der Waals surface area contributed by atoms with Crippen molar-refractivity contribution in [3.8, 4) is 0 Å². The SMILES string of the molecule is C=C(C)[C@@H]1CC[C@]2(CC(=O)NC(C)C)CC[C@]3(C)[C@H](CC[C@@H]4[C@@]5(C)CC[C@H](OC(=O)CC(C)(C)C(=O)O)C(C)(C)[C@@H]5CC[C@]43C)[C@@H]12. The van der Waals surface area contributed by atoms with Crippen LogP contribution in [0, 0.1) is 62.1 Å². The number of hydrogen-bond donors (Lipinski definition) is 2. The van der Waals surface area contributed by atoms with Gasteiger partial charge in [-0.1, -0.05) is 46.8 Å². The third-order valence-corrected chi connectivity index (χ3v) is 15.6. The molecule has 5 saturated carbocycles. The van der Waals surface area contributed by atoms with Crippen molar-refractivity contribution in [2.24, 2.45) is 62.1 Å². The summed E-state index contributed by atoms with van der Waals surface area (Å²) >= 11 is 0. The molecule has 0 aromatic carbocycles. The molecule has 10 atom stereocenters. The highest BCUT2D eigenvalue weighted by Gasteiger charge is 2.71. The minimum absolute atomic E-state index is 0.0796. The first kappa shape index (κ1) is 35.5. The van der Waals surface area contributed by atoms with Crippen molar-refractivity contribution in [2.45, 2.75) is 158 Å². The van der Waals surface area contributed by atoms with Gasteiger partial charge in [-0.25, -0.2) is 0 Å². The number of carboxylic acid groups (broad SMARTS) is 1. The molecule has 6 heteroatoms. The lowest BCUT2D eigenvalue weighted by Crippen LogP contribution is -2.67. The Bertz CT molecular complexity index is 1250. The monoisotopic (exact) mass is 639 g/mol. The minimum Gasteiger partial charge on any atom is -0.481 e. The summed E-state index contributed by atoms with van der Waals surface area (Å²) in [5.41, 5.74) is 0.644. The maximum Gasteiger partial charge on any atom is 0.309 e. The van der Waals surface area contributed by atoms with Gasteiger partial charge < -0.3 is 15.2 Å². The van der Waals surface area contributed by atoms with E-state index in [0.29, 0.717) is 36.0 Å². The summed E-state index contributed by atoms with van der Waals surface area (Å²) in [5, 5.41) is 12.8. The van der Waals surface area contributed by atoms with E-state index < -0.39 is 11.4 Å². The largest absolute Gasteiger partial charge is 0.481 e. The highest BCUT2D eigenvalue weighted by molar-refractivity contribution is 5.81. The zero-order valence-electron chi connectivity index (χ0n) is 30.8. The van der Waals surface area contributed by atoms with E-state index in [-0.39, 0.29) is 57.5 Å². The van der Waals surface area contributed by atoms with Gasteiger partial charge in [0, 0.05) is 17.9 Å². The third-order valence-electron chi connectivity index (χ3n) is 15.6. The average molecular weight is 640 g/mol. The number of rotatable bonds is 8. The number of carbonyl (C=O) groups excluding carboxylic acids is 2. The summed E-state index contributed by atoms with van der Waals surface area (Å²) < 4.78 is 6.16. The fourth-order valence-electron chi connectivity index (χ4n) is 13.1. The lowest BCUT2D eigenvalue weighted by atomic mass is 9.32. The molecule has 5 rings (SSSR count). The van der Waals surface area contributed by atoms with Crippen LogP contribution in [0.3, 0.4) is 0 Å². The second kappa shape index (κ2) is 11.6. The van der Waals surface area contributed by atoms with E-state index in [0.717, 1.165) is 32.1 Å². The minimum atomic E-state index is -1.14. The molecular weight excluding hydrogens is 574 g/mol. The van der Waals surface area contributed by atoms with Crippen LogP contribution >= 0.6 is 0 Å². The third kappa shape index (κ3) is 5.38. The molecule has 5 aliphatic carbocycles. The maximum absolute atomic E-state index is 13.3. The Balaban J connectivity index is 1.41. The number of fused-ring (bicyclic) bond motifs is 7. The smallest absolute Gasteiger partial charge is 0.309 e. The Hall–Kier alpha value is -1.85. The van der Waals surface area contributed by atoms with E-state index in [2.05, 4.69) is 67.3 Å². The van der Waals surface area contributed by atoms with Crippen molar-refractivity contribution in [2.75, 3.05) is 0 Å². The summed E-state index contributed by atoms with van der Waals surface area (Å²) in [6.45, 7) is 26.5. The zero-order valence-corrected chi connectivity index (χ0v) is 30.8. The van der Waals surface area contributed by atoms with Gasteiger partial charge in [-0.3, -0.25) is 14.4 Å². The van der Waals surface area contributed by atoms with Gasteiger partial charge in [0.05, 0.1) is 11.8 Å². The van der Waals surface area contributed by atoms with Crippen molar-refractivity contribution in [1.82, 2.24) is 5.32 Å². The molecule has 0 unspecified atom stereocenters. The van der Waals surface area contributed by atoms with Crippen LogP contribution in [0.25, 0.3) is 0 Å². The first-order valence-electron chi connectivity index (χ1n) is 18.5. The summed E-state index contributed by atoms with van der Waals surface area (Å²) in [6, 6.07) is 0.166. The predicted octanol–water partition coefficient (Wildman–Crippen LogP) is 8.97. The standard InChI is InChI=1S/C40H65NO5/c1-24(2)26-14-19-40(22-31(42)41-25(3)4)21-20-38(10)27(33(26)40)12-13-29-37(9)17-16-30(46-32(43)23-35(5,6)34(44)45)36(7,8)28(37)15-18-39(29,38)11/h25-30,33H,1,12-23H2,2-11H3,(H,41,42)(H,44,45)/t26-,27+,28-,29+,30-,33+,37-,38+,39+,40+/m0/s1. The molecule has 6 nitrogen and oxygen atoms in total. The maximum atomic E-state index is 13.3. The number of amides is 1. The number of allylic oxidation sites excluding steroid dienone is 1. The molecule has 0 saturated heterocycles. The second-order valence-corrected chi connectivity index (χ2v) is 19.2. The van der Waals surface area contributed by atoms with E-state index >= 15 is 0 Å². The van der Waals surface area contributed by atoms with Crippen LogP contribution in [0.15, 0.2) is 12.2 Å². The normalized spacial score (nSPS) is 43.0. The average Bonchev–Trinajstić information content (AvgIpc) is 3.29. The summed E-state index contributed by atoms with van der Waals surface area (Å²) in [4.78, 5) is 38.0. The lowest BCUT2D eigenvalue weighted by Gasteiger charge is -2.73. The number of aliphatic carboxylic acids is 1. The molecule has 0 heterocycles. The van der Waals surface area contributed by atoms with Gasteiger partial charge in [0.2, 0.25) is 5.91 Å². The molecular formula is C40H65NO5. The lowest BCUT2D eigenvalue weighted by molar-refractivity contribution is -0.250. The number of hydrogen-bond acceptors (Lipinski definition) is 4. The van der Waals surface area contributed by atoms with Crippen LogP contribution < -0.4 is 5.32 Å². The van der Waals surface area contributed by atoms with E-state index in [1.807, 2.05) is 0 Å². The van der Waals surface area contributed by atoms with Crippen molar-refractivity contribution in [1.29, 1.82) is 0 Å². The van der Waals surface area contributed by atoms with Crippen LogP contribution in [-0.4, -0.2) is 35.1 Å². The van der Waals surface area contributed by atoms with Crippen molar-refractivity contribution >= 4 is 17.8 Å². The Morgan fingerprint density at radius 1 is 0.891 bits per heavy atom. The van der Waals surface area contributed by atoms with Gasteiger partial charge in [0.15, 0.2) is 0 Å². The Kier molecular flexibility index (Phi) is 8.97. The molecule has 0 aromatic heterocycles. The molecule has 46 heavy (non-hydrogen) atoms. The van der Waals surface area contributed by atoms with E-state index in [1.165, 1.54) is 37.7 Å². The summed E-state index contributed by atoms with van der Waals surface area (Å²) in [5.74, 6) is 1.52. The topological polar surface area (TPSA) is 92.7 Å². The Morgan fingerprint density at radius 2 is 1.57 bits per heavy atom. The Morgan fingerprint density at radius 3 is 2.17 bits per heavy atom. The van der Waals surface area contributed by atoms with Crippen LogP contribution in [0.2, 0.25) is 0 Å². The van der Waals surface area contributed by atoms with Gasteiger partial charge >= 0.3 is 11.9 Å². The first-order valence-corrected chi connectivity index (χ1v) is 18.5. The van der Waals surface area contributed by atoms with Crippen LogP contribution in [0.4, 0.5) is 0 Å². The van der Waals surface area contributed by atoms with Gasteiger partial charge in [0.1, 0.15) is 6.10 Å². The van der Waals surface area contributed by atoms with Crippen molar-refractivity contribution < 1.29 is 24.2 Å². The first-order chi connectivity index (χ1) is 21.1. The predicted molar refractivity (Wildman–Crippen MR) is 183 cm³/mol. The fourth-order valence-corrected chi connectivity index (χ4v) is 13.1. The van der Waals surface area contributed by atoms with Crippen molar-refractivity contribution in [3.63, 3.8) is 0 Å². The van der Waals surface area contributed by atoms with Gasteiger partial charge in [-0.15, -0.1) is 0 Å². The quantitative estimate of drug-likeness (QED) is 0.204. The number of carboxylic acids is 1. The molecule has 0 spiro atoms. The number of esters is 1. The van der Waals surface area contributed by atoms with Gasteiger partial charge in [-0.2, -0.15) is 0 Å². The number of carbonyl (C=O) groups is 3. The summed E-state index contributed by atoms with van der Waals surface area (Å²) in [7, 11) is 0. The molecule has 0 radical (unpaired) electrons. The highest BCUT2D eigenvalue weighted by Crippen LogP contribution is 2.78. The molecule has 5 fully saturated rings. The number of ether oxygens (including phenoxy) is 1. The number of nitrogens with one attached hydrogen (secondary N) is 1. The van der Waals surface area contributed by atoms with E-state index in [4.69, 9.17) is 4.74 Å². The summed E-state index contributed by atoms with van der Waals surface area (Å²) in [6.07, 6.45) is 11.6. The molecule has 2 N–H and O–H groups in total. The molecule has 0 bridgehead atoms. The molecule has 0 aliphatic heterocycles. The highest BCUT2D eigenvalue weighted by atomic mass is 16.5. The van der Waals surface area contributed by atoms with Crippen LogP contribution in [-0.2, 0) is 19.1 Å². The zero-order chi connectivity index (χ0) is 34.3. The molecule has 5 aliphatic rings. The molecule has 260 valence electrons. The van der Waals surface area contributed by atoms with E-state index in [9.17, 15) is 19.5 Å². The van der Waals surface area contributed by atoms with E-state index in [1.54, 1.807) is 13.8 Å². The van der Waals surface area contributed by atoms with Crippen LogP contribution in [0.5, 0.6) is 0 Å².